The van der Waals surface area contributed by atoms with E-state index >= 15 is 0 Å². The zero-order valence-electron chi connectivity index (χ0n) is 17.6. The molecule has 3 aromatic rings. The Labute approximate surface area is 189 Å². The van der Waals surface area contributed by atoms with Crippen LogP contribution in [-0.4, -0.2) is 41.7 Å². The number of carbonyl (C=O) groups excluding carboxylic acids is 2. The molecule has 1 saturated heterocycles. The van der Waals surface area contributed by atoms with Crippen LogP contribution in [0.4, 0.5) is 5.69 Å². The lowest BCUT2D eigenvalue weighted by molar-refractivity contribution is -0.131. The second-order valence-corrected chi connectivity index (χ2v) is 8.44. The minimum absolute atomic E-state index is 0.0343. The molecule has 32 heavy (non-hydrogen) atoms. The van der Waals surface area contributed by atoms with Crippen molar-refractivity contribution in [1.29, 1.82) is 5.26 Å². The summed E-state index contributed by atoms with van der Waals surface area (Å²) in [6.07, 6.45) is 4.04. The number of amides is 1. The molecule has 0 aliphatic carbocycles. The third-order valence-corrected chi connectivity index (χ3v) is 5.97. The number of anilines is 1. The lowest BCUT2D eigenvalue weighted by Gasteiger charge is -2.22. The van der Waals surface area contributed by atoms with Crippen molar-refractivity contribution in [3.8, 4) is 6.19 Å². The number of hydrogen-bond donors (Lipinski definition) is 2. The number of fused-ring (bicyclic) bond motifs is 1. The molecule has 4 rings (SSSR count). The fraction of sp³-hybridized carbons (Fsp3) is 0.304. The van der Waals surface area contributed by atoms with Crippen LogP contribution in [-0.2, 0) is 4.79 Å². The number of aliphatic imine (C=N–C) groups is 1. The van der Waals surface area contributed by atoms with Gasteiger partial charge in [-0.15, -0.1) is 0 Å². The Morgan fingerprint density at radius 3 is 3.00 bits per heavy atom. The van der Waals surface area contributed by atoms with E-state index in [-0.39, 0.29) is 24.2 Å². The van der Waals surface area contributed by atoms with E-state index in [9.17, 15) is 14.9 Å². The van der Waals surface area contributed by atoms with Gasteiger partial charge in [-0.3, -0.25) is 14.9 Å². The quantitative estimate of drug-likeness (QED) is 0.201. The van der Waals surface area contributed by atoms with Crippen LogP contribution in [0.3, 0.4) is 0 Å². The molecule has 1 fully saturated rings. The van der Waals surface area contributed by atoms with E-state index < -0.39 is 6.04 Å². The van der Waals surface area contributed by atoms with Crippen LogP contribution in [0.15, 0.2) is 50.5 Å². The maximum Gasteiger partial charge on any atom is 0.247 e. The number of furan rings is 1. The van der Waals surface area contributed by atoms with E-state index in [1.807, 2.05) is 42.8 Å². The highest BCUT2D eigenvalue weighted by atomic mass is 32.1. The summed E-state index contributed by atoms with van der Waals surface area (Å²) >= 11 is 1.45. The molecule has 1 unspecified atom stereocenters. The van der Waals surface area contributed by atoms with Crippen molar-refractivity contribution >= 4 is 45.6 Å². The number of ketones is 1. The molecule has 2 N–H and O–H groups in total. The number of hydrogen-bond acceptors (Lipinski definition) is 6. The molecule has 9 heteroatoms. The van der Waals surface area contributed by atoms with Gasteiger partial charge in [-0.2, -0.15) is 16.6 Å². The standard InChI is InChI=1S/C23H23N5O3S/c1-15-10-17-11-18(5-6-21(17)31-15)26-23(25-14-24)27-19-4-2-3-8-28(22(19)30)12-20(29)16-7-9-32-13-16/h5-7,9-11,13,19H,2-4,8,12H2,1H3,(H2,25,26,27). The van der Waals surface area contributed by atoms with E-state index in [2.05, 4.69) is 15.6 Å². The van der Waals surface area contributed by atoms with Crippen molar-refractivity contribution < 1.29 is 14.0 Å². The van der Waals surface area contributed by atoms with Gasteiger partial charge in [0.2, 0.25) is 11.9 Å². The fourth-order valence-electron chi connectivity index (χ4n) is 3.74. The second kappa shape index (κ2) is 9.66. The van der Waals surface area contributed by atoms with Gasteiger partial charge in [-0.1, -0.05) is 0 Å². The number of thiophene rings is 1. The first kappa shape index (κ1) is 21.6. The number of guanidine groups is 1. The molecule has 0 radical (unpaired) electrons. The number of benzene rings is 1. The van der Waals surface area contributed by atoms with Crippen LogP contribution in [0.1, 0.15) is 35.4 Å². The third-order valence-electron chi connectivity index (χ3n) is 5.29. The monoisotopic (exact) mass is 449 g/mol. The fourth-order valence-corrected chi connectivity index (χ4v) is 4.40. The summed E-state index contributed by atoms with van der Waals surface area (Å²) in [5.41, 5.74) is 2.10. The molecule has 1 atom stereocenters. The van der Waals surface area contributed by atoms with Crippen molar-refractivity contribution in [2.24, 2.45) is 4.99 Å². The molecule has 1 aliphatic rings. The van der Waals surface area contributed by atoms with Gasteiger partial charge >= 0.3 is 0 Å². The zero-order valence-corrected chi connectivity index (χ0v) is 18.4. The summed E-state index contributed by atoms with van der Waals surface area (Å²) in [5, 5.41) is 19.4. The third kappa shape index (κ3) is 4.98. The average molecular weight is 450 g/mol. The average Bonchev–Trinajstić information content (AvgIpc) is 3.39. The van der Waals surface area contributed by atoms with Crippen LogP contribution in [0, 0.1) is 18.4 Å². The van der Waals surface area contributed by atoms with Crippen LogP contribution >= 0.6 is 11.3 Å². The molecule has 1 aliphatic heterocycles. The van der Waals surface area contributed by atoms with E-state index in [4.69, 9.17) is 4.42 Å². The largest absolute Gasteiger partial charge is 0.461 e. The van der Waals surface area contributed by atoms with Gasteiger partial charge in [0, 0.05) is 28.6 Å². The smallest absolute Gasteiger partial charge is 0.247 e. The molecule has 1 aromatic carbocycles. The molecule has 0 spiro atoms. The summed E-state index contributed by atoms with van der Waals surface area (Å²) in [5.74, 6) is 0.714. The minimum atomic E-state index is -0.670. The van der Waals surface area contributed by atoms with Crippen LogP contribution in [0.2, 0.25) is 0 Å². The highest BCUT2D eigenvalue weighted by Crippen LogP contribution is 2.23. The first-order valence-corrected chi connectivity index (χ1v) is 11.3. The van der Waals surface area contributed by atoms with Gasteiger partial charge in [0.1, 0.15) is 17.4 Å². The van der Waals surface area contributed by atoms with Crippen molar-refractivity contribution in [2.45, 2.75) is 32.2 Å². The summed E-state index contributed by atoms with van der Waals surface area (Å²) in [7, 11) is 0. The molecular formula is C23H23N5O3S. The molecule has 0 saturated carbocycles. The lowest BCUT2D eigenvalue weighted by Crippen LogP contribution is -2.41. The van der Waals surface area contributed by atoms with Crippen LogP contribution in [0.25, 0.3) is 11.0 Å². The zero-order chi connectivity index (χ0) is 22.5. The first-order valence-electron chi connectivity index (χ1n) is 10.4. The summed E-state index contributed by atoms with van der Waals surface area (Å²) in [4.78, 5) is 31.7. The van der Waals surface area contributed by atoms with E-state index in [1.54, 1.807) is 16.3 Å². The summed E-state index contributed by atoms with van der Waals surface area (Å²) in [6, 6.07) is 8.57. The Morgan fingerprint density at radius 1 is 1.34 bits per heavy atom. The predicted octanol–water partition coefficient (Wildman–Crippen LogP) is 3.91. The van der Waals surface area contributed by atoms with Crippen molar-refractivity contribution in [2.75, 3.05) is 18.4 Å². The van der Waals surface area contributed by atoms with Gasteiger partial charge in [0.05, 0.1) is 6.54 Å². The van der Waals surface area contributed by atoms with E-state index in [0.717, 1.165) is 29.6 Å². The molecule has 164 valence electrons. The topological polar surface area (TPSA) is 111 Å². The van der Waals surface area contributed by atoms with Gasteiger partial charge in [0.25, 0.3) is 0 Å². The molecule has 8 nitrogen and oxygen atoms in total. The Morgan fingerprint density at radius 2 is 2.22 bits per heavy atom. The minimum Gasteiger partial charge on any atom is -0.461 e. The Bertz CT molecular complexity index is 1190. The van der Waals surface area contributed by atoms with Crippen molar-refractivity contribution in [3.63, 3.8) is 0 Å². The van der Waals surface area contributed by atoms with Gasteiger partial charge in [0.15, 0.2) is 12.0 Å². The van der Waals surface area contributed by atoms with Crippen LogP contribution < -0.4 is 10.6 Å². The SMILES string of the molecule is Cc1cc2cc(NC(=NC3CCCCN(CC(=O)c4ccsc4)C3=O)NC#N)ccc2o1. The summed E-state index contributed by atoms with van der Waals surface area (Å²) in [6.45, 7) is 2.43. The number of nitrogens with one attached hydrogen (secondary N) is 2. The Kier molecular flexibility index (Phi) is 6.52. The molecule has 0 bridgehead atoms. The highest BCUT2D eigenvalue weighted by Gasteiger charge is 2.28. The number of nitriles is 1. The maximum absolute atomic E-state index is 13.1. The molecular weight excluding hydrogens is 426 g/mol. The number of carbonyl (C=O) groups is 2. The summed E-state index contributed by atoms with van der Waals surface area (Å²) < 4.78 is 5.59. The van der Waals surface area contributed by atoms with Gasteiger partial charge < -0.3 is 14.6 Å². The van der Waals surface area contributed by atoms with Gasteiger partial charge in [-0.05, 0) is 61.9 Å². The second-order valence-electron chi connectivity index (χ2n) is 7.66. The predicted molar refractivity (Wildman–Crippen MR) is 124 cm³/mol. The number of nitrogens with zero attached hydrogens (tertiary/aromatic N) is 3. The van der Waals surface area contributed by atoms with Crippen molar-refractivity contribution in [3.05, 3.63) is 52.4 Å². The first-order chi connectivity index (χ1) is 15.5. The maximum atomic E-state index is 13.1. The van der Waals surface area contributed by atoms with E-state index in [1.165, 1.54) is 11.3 Å². The Hall–Kier alpha value is -3.64. The highest BCUT2D eigenvalue weighted by molar-refractivity contribution is 7.08. The van der Waals surface area contributed by atoms with Crippen LogP contribution in [0.5, 0.6) is 0 Å². The normalized spacial score (nSPS) is 17.1. The Balaban J connectivity index is 1.52. The molecule has 1 amide bonds. The number of Topliss-reactive ketones (excluding diaryl/α,β-unsaturated/α-hetero) is 1. The number of likely N-dealkylation sites (tertiary alicyclic amines) is 1. The number of aryl methyl sites for hydroxylation is 1. The lowest BCUT2D eigenvalue weighted by atomic mass is 10.1. The number of rotatable bonds is 5. The van der Waals surface area contributed by atoms with Gasteiger partial charge in [-0.25, -0.2) is 4.99 Å². The molecule has 2 aromatic heterocycles. The van der Waals surface area contributed by atoms with E-state index in [0.29, 0.717) is 24.2 Å². The molecule has 3 heterocycles. The van der Waals surface area contributed by atoms with Crippen molar-refractivity contribution in [1.82, 2.24) is 10.2 Å².